The van der Waals surface area contributed by atoms with Gasteiger partial charge in [0.15, 0.2) is 0 Å². The summed E-state index contributed by atoms with van der Waals surface area (Å²) in [7, 11) is 0. The van der Waals surface area contributed by atoms with Crippen molar-refractivity contribution in [3.8, 4) is 0 Å². The van der Waals surface area contributed by atoms with Crippen molar-refractivity contribution in [1.82, 2.24) is 19.7 Å². The molecule has 0 N–H and O–H groups in total. The number of rotatable bonds is 7. The van der Waals surface area contributed by atoms with Gasteiger partial charge in [0.2, 0.25) is 5.91 Å². The van der Waals surface area contributed by atoms with Gasteiger partial charge in [-0.25, -0.2) is 0 Å². The molecular weight excluding hydrogens is 364 g/mol. The highest BCUT2D eigenvalue weighted by molar-refractivity contribution is 5.94. The Hall–Kier alpha value is -1.95. The zero-order chi connectivity index (χ0) is 20.8. The predicted octanol–water partition coefficient (Wildman–Crippen LogP) is 2.97. The van der Waals surface area contributed by atoms with Gasteiger partial charge in [0.25, 0.3) is 5.91 Å². The first kappa shape index (κ1) is 21.8. The molecule has 2 saturated heterocycles. The van der Waals surface area contributed by atoms with Crippen LogP contribution < -0.4 is 0 Å². The molecule has 1 aromatic heterocycles. The van der Waals surface area contributed by atoms with Crippen molar-refractivity contribution in [1.29, 1.82) is 0 Å². The summed E-state index contributed by atoms with van der Waals surface area (Å²) in [6.07, 6.45) is 8.90. The lowest BCUT2D eigenvalue weighted by Crippen LogP contribution is -2.53. The summed E-state index contributed by atoms with van der Waals surface area (Å²) >= 11 is 0. The molecule has 2 amide bonds. The van der Waals surface area contributed by atoms with Gasteiger partial charge in [0.05, 0.1) is 5.56 Å². The van der Waals surface area contributed by atoms with Crippen molar-refractivity contribution in [2.45, 2.75) is 58.9 Å². The molecule has 0 saturated carbocycles. The molecular formula is C23H36N4O2. The lowest BCUT2D eigenvalue weighted by molar-refractivity contribution is -0.138. The minimum Gasteiger partial charge on any atom is -0.338 e. The Labute approximate surface area is 175 Å². The molecule has 1 unspecified atom stereocenters. The zero-order valence-corrected chi connectivity index (χ0v) is 18.3. The first-order valence-electron chi connectivity index (χ1n) is 11.2. The van der Waals surface area contributed by atoms with Crippen LogP contribution in [-0.4, -0.2) is 76.8 Å². The largest absolute Gasteiger partial charge is 0.338 e. The van der Waals surface area contributed by atoms with Crippen LogP contribution in [0.2, 0.25) is 0 Å². The van der Waals surface area contributed by atoms with E-state index in [0.717, 1.165) is 44.5 Å². The summed E-state index contributed by atoms with van der Waals surface area (Å²) in [5.41, 5.74) is 1.63. The van der Waals surface area contributed by atoms with Gasteiger partial charge in [-0.3, -0.25) is 14.6 Å². The molecule has 1 atom stereocenters. The van der Waals surface area contributed by atoms with Crippen LogP contribution in [0.25, 0.3) is 0 Å². The third-order valence-corrected chi connectivity index (χ3v) is 6.10. The molecule has 6 heteroatoms. The number of nitrogens with zero attached hydrogens (tertiary/aromatic N) is 4. The molecule has 0 spiro atoms. The fraction of sp³-hybridized carbons (Fsp3) is 0.696. The fourth-order valence-electron chi connectivity index (χ4n) is 4.52. The first-order valence-corrected chi connectivity index (χ1v) is 11.2. The third-order valence-electron chi connectivity index (χ3n) is 6.10. The number of pyridine rings is 1. The number of aromatic nitrogens is 1. The highest BCUT2D eigenvalue weighted by Crippen LogP contribution is 2.21. The highest BCUT2D eigenvalue weighted by atomic mass is 16.2. The topological polar surface area (TPSA) is 56.8 Å². The number of piperidine rings is 1. The molecule has 2 aliphatic heterocycles. The standard InChI is InChI=1S/C23H36N4O2/c1-18(2)22(28)27(13-7-11-25-9-4-5-10-25)21-8-6-12-26(17-21)23(29)20-14-19(3)15-24-16-20/h14-16,18,21H,4-13,17H2,1-3H3. The van der Waals surface area contributed by atoms with E-state index in [1.165, 1.54) is 25.9 Å². The van der Waals surface area contributed by atoms with Crippen molar-refractivity contribution in [3.05, 3.63) is 29.6 Å². The molecule has 2 fully saturated rings. The predicted molar refractivity (Wildman–Crippen MR) is 115 cm³/mol. The van der Waals surface area contributed by atoms with Crippen LogP contribution in [0.4, 0.5) is 0 Å². The van der Waals surface area contributed by atoms with E-state index in [-0.39, 0.29) is 23.8 Å². The third kappa shape index (κ3) is 5.78. The van der Waals surface area contributed by atoms with Gasteiger partial charge in [0.1, 0.15) is 0 Å². The van der Waals surface area contributed by atoms with Crippen LogP contribution in [-0.2, 0) is 4.79 Å². The van der Waals surface area contributed by atoms with Crippen molar-refractivity contribution in [2.24, 2.45) is 5.92 Å². The second-order valence-corrected chi connectivity index (χ2v) is 8.89. The zero-order valence-electron chi connectivity index (χ0n) is 18.3. The Morgan fingerprint density at radius 2 is 1.93 bits per heavy atom. The molecule has 0 bridgehead atoms. The molecule has 6 nitrogen and oxygen atoms in total. The molecule has 0 radical (unpaired) electrons. The Kier molecular flexibility index (Phi) is 7.64. The van der Waals surface area contributed by atoms with E-state index >= 15 is 0 Å². The van der Waals surface area contributed by atoms with Crippen LogP contribution in [0.5, 0.6) is 0 Å². The molecule has 1 aromatic rings. The van der Waals surface area contributed by atoms with Gasteiger partial charge in [-0.15, -0.1) is 0 Å². The number of amides is 2. The second-order valence-electron chi connectivity index (χ2n) is 8.89. The highest BCUT2D eigenvalue weighted by Gasteiger charge is 2.31. The maximum atomic E-state index is 13.0. The minimum atomic E-state index is -0.0196. The van der Waals surface area contributed by atoms with Crippen molar-refractivity contribution in [2.75, 3.05) is 39.3 Å². The van der Waals surface area contributed by atoms with Gasteiger partial charge < -0.3 is 14.7 Å². The number of hydrogen-bond acceptors (Lipinski definition) is 4. The van der Waals surface area contributed by atoms with Gasteiger partial charge in [-0.05, 0) is 70.3 Å². The summed E-state index contributed by atoms with van der Waals surface area (Å²) < 4.78 is 0. The van der Waals surface area contributed by atoms with E-state index in [2.05, 4.69) is 14.8 Å². The Morgan fingerprint density at radius 1 is 1.17 bits per heavy atom. The maximum Gasteiger partial charge on any atom is 0.255 e. The summed E-state index contributed by atoms with van der Waals surface area (Å²) in [5, 5.41) is 0. The SMILES string of the molecule is Cc1cncc(C(=O)N2CCCC(N(CCCN3CCCC3)C(=O)C(C)C)C2)c1. The average Bonchev–Trinajstić information content (AvgIpc) is 3.24. The molecule has 3 heterocycles. The van der Waals surface area contributed by atoms with Crippen molar-refractivity contribution >= 4 is 11.8 Å². The fourth-order valence-corrected chi connectivity index (χ4v) is 4.52. The van der Waals surface area contributed by atoms with Crippen molar-refractivity contribution < 1.29 is 9.59 Å². The van der Waals surface area contributed by atoms with Crippen LogP contribution in [0.3, 0.4) is 0 Å². The second kappa shape index (κ2) is 10.2. The van der Waals surface area contributed by atoms with Gasteiger partial charge in [-0.2, -0.15) is 0 Å². The van der Waals surface area contributed by atoms with E-state index in [1.54, 1.807) is 12.4 Å². The Morgan fingerprint density at radius 3 is 2.62 bits per heavy atom. The van der Waals surface area contributed by atoms with E-state index in [1.807, 2.05) is 31.7 Å². The summed E-state index contributed by atoms with van der Waals surface area (Å²) in [5.74, 6) is 0.219. The molecule has 160 valence electrons. The van der Waals surface area contributed by atoms with E-state index in [9.17, 15) is 9.59 Å². The van der Waals surface area contributed by atoms with Gasteiger partial charge >= 0.3 is 0 Å². The molecule has 2 aliphatic rings. The Balaban J connectivity index is 1.64. The Bertz CT molecular complexity index is 700. The normalized spacial score (nSPS) is 20.3. The van der Waals surface area contributed by atoms with Crippen LogP contribution >= 0.6 is 0 Å². The smallest absolute Gasteiger partial charge is 0.255 e. The lowest BCUT2D eigenvalue weighted by atomic mass is 10.0. The number of carbonyl (C=O) groups excluding carboxylic acids is 2. The first-order chi connectivity index (χ1) is 14.0. The maximum absolute atomic E-state index is 13.0. The van der Waals surface area contributed by atoms with Crippen molar-refractivity contribution in [3.63, 3.8) is 0 Å². The van der Waals surface area contributed by atoms with Gasteiger partial charge in [0, 0.05) is 44.0 Å². The van der Waals surface area contributed by atoms with E-state index < -0.39 is 0 Å². The van der Waals surface area contributed by atoms with Crippen LogP contribution in [0.1, 0.15) is 61.9 Å². The van der Waals surface area contributed by atoms with Crippen LogP contribution in [0, 0.1) is 12.8 Å². The molecule has 3 rings (SSSR count). The van der Waals surface area contributed by atoms with Gasteiger partial charge in [-0.1, -0.05) is 13.8 Å². The summed E-state index contributed by atoms with van der Waals surface area (Å²) in [6.45, 7) is 11.5. The average molecular weight is 401 g/mol. The van der Waals surface area contributed by atoms with Crippen LogP contribution in [0.15, 0.2) is 18.5 Å². The number of carbonyl (C=O) groups is 2. The quantitative estimate of drug-likeness (QED) is 0.706. The molecule has 0 aliphatic carbocycles. The molecule has 0 aromatic carbocycles. The number of likely N-dealkylation sites (tertiary alicyclic amines) is 2. The summed E-state index contributed by atoms with van der Waals surface area (Å²) in [4.78, 5) is 36.6. The monoisotopic (exact) mass is 400 g/mol. The minimum absolute atomic E-state index is 0.0196. The summed E-state index contributed by atoms with van der Waals surface area (Å²) in [6, 6.07) is 2.01. The van der Waals surface area contributed by atoms with E-state index in [4.69, 9.17) is 0 Å². The number of aryl methyl sites for hydroxylation is 1. The van der Waals surface area contributed by atoms with E-state index in [0.29, 0.717) is 12.1 Å². The lowest BCUT2D eigenvalue weighted by Gasteiger charge is -2.40. The molecule has 29 heavy (non-hydrogen) atoms. The number of hydrogen-bond donors (Lipinski definition) is 0.